The zero-order valence-corrected chi connectivity index (χ0v) is 15.1. The van der Waals surface area contributed by atoms with Crippen molar-refractivity contribution in [1.29, 1.82) is 0 Å². The largest absolute Gasteiger partial charge is 0.496 e. The molecule has 0 radical (unpaired) electrons. The summed E-state index contributed by atoms with van der Waals surface area (Å²) in [6.45, 7) is 0.506. The number of methoxy groups -OCH3 is 1. The van der Waals surface area contributed by atoms with E-state index in [1.807, 2.05) is 12.1 Å². The van der Waals surface area contributed by atoms with Crippen LogP contribution in [0.1, 0.15) is 17.7 Å². The highest BCUT2D eigenvalue weighted by Crippen LogP contribution is 2.20. The van der Waals surface area contributed by atoms with Crippen LogP contribution >= 0.6 is 0 Å². The molecule has 0 spiro atoms. The van der Waals surface area contributed by atoms with E-state index in [1.165, 1.54) is 17.7 Å². The predicted octanol–water partition coefficient (Wildman–Crippen LogP) is 1.76. The molecule has 1 aromatic heterocycles. The monoisotopic (exact) mass is 366 g/mol. The Morgan fingerprint density at radius 3 is 2.64 bits per heavy atom. The first-order valence-electron chi connectivity index (χ1n) is 7.76. The summed E-state index contributed by atoms with van der Waals surface area (Å²) in [5.74, 6) is 1.01. The fraction of sp³-hybridized carbons (Fsp3) is 0.353. The third-order valence-electron chi connectivity index (χ3n) is 3.64. The average molecular weight is 366 g/mol. The molecular weight excluding hydrogens is 344 g/mol. The molecule has 0 atom stereocenters. The molecule has 0 aliphatic heterocycles. The number of nitrogens with one attached hydrogen (secondary N) is 1. The highest BCUT2D eigenvalue weighted by atomic mass is 32.2. The van der Waals surface area contributed by atoms with Gasteiger partial charge in [0.15, 0.2) is 0 Å². The lowest BCUT2D eigenvalue weighted by Gasteiger charge is -2.21. The van der Waals surface area contributed by atoms with Gasteiger partial charge in [-0.05, 0) is 18.2 Å². The van der Waals surface area contributed by atoms with E-state index in [0.29, 0.717) is 11.5 Å². The number of sulfonamides is 1. The van der Waals surface area contributed by atoms with Crippen molar-refractivity contribution in [3.63, 3.8) is 0 Å². The van der Waals surface area contributed by atoms with E-state index in [0.717, 1.165) is 11.8 Å². The standard InChI is InChI=1S/C17H22N2O5S/c1-23-16-8-4-3-6-14(16)13-19(25(2,21)22)10-9-17(20)18-12-15-7-5-11-24-15/h3-8,11H,9-10,12-13H2,1-2H3,(H,18,20). The molecule has 0 unspecified atom stereocenters. The first kappa shape index (κ1) is 19.0. The van der Waals surface area contributed by atoms with Crippen molar-refractivity contribution in [2.24, 2.45) is 0 Å². The van der Waals surface area contributed by atoms with E-state index in [2.05, 4.69) is 5.32 Å². The van der Waals surface area contributed by atoms with Crippen LogP contribution in [0.15, 0.2) is 47.1 Å². The number of nitrogens with zero attached hydrogens (tertiary/aromatic N) is 1. The number of hydrogen-bond acceptors (Lipinski definition) is 5. The topological polar surface area (TPSA) is 88.8 Å². The third kappa shape index (κ3) is 5.91. The SMILES string of the molecule is COc1ccccc1CN(CCC(=O)NCc1ccco1)S(C)(=O)=O. The number of carbonyl (C=O) groups excluding carboxylic acids is 1. The predicted molar refractivity (Wildman–Crippen MR) is 93.4 cm³/mol. The van der Waals surface area contributed by atoms with Gasteiger partial charge in [-0.1, -0.05) is 18.2 Å². The smallest absolute Gasteiger partial charge is 0.221 e. The molecule has 1 amide bonds. The van der Waals surface area contributed by atoms with Crippen molar-refractivity contribution < 1.29 is 22.4 Å². The average Bonchev–Trinajstić information content (AvgIpc) is 3.09. The van der Waals surface area contributed by atoms with Crippen LogP contribution in [0, 0.1) is 0 Å². The number of furan rings is 1. The van der Waals surface area contributed by atoms with Gasteiger partial charge in [-0.3, -0.25) is 4.79 Å². The second kappa shape index (κ2) is 8.68. The molecule has 2 aromatic rings. The van der Waals surface area contributed by atoms with Gasteiger partial charge < -0.3 is 14.5 Å². The maximum Gasteiger partial charge on any atom is 0.221 e. The van der Waals surface area contributed by atoms with Gasteiger partial charge in [-0.15, -0.1) is 0 Å². The minimum absolute atomic E-state index is 0.0585. The number of ether oxygens (including phenoxy) is 1. The Morgan fingerprint density at radius 1 is 1.24 bits per heavy atom. The number of benzene rings is 1. The summed E-state index contributed by atoms with van der Waals surface area (Å²) >= 11 is 0. The molecule has 1 aromatic carbocycles. The Hall–Kier alpha value is -2.32. The summed E-state index contributed by atoms with van der Waals surface area (Å²) in [6.07, 6.45) is 2.71. The molecule has 0 saturated heterocycles. The van der Waals surface area contributed by atoms with Gasteiger partial charge in [-0.2, -0.15) is 4.31 Å². The number of rotatable bonds is 9. The minimum atomic E-state index is -3.46. The van der Waals surface area contributed by atoms with Crippen LogP contribution in [0.25, 0.3) is 0 Å². The Bertz CT molecular complexity index is 787. The normalized spacial score (nSPS) is 11.5. The molecule has 1 heterocycles. The zero-order chi connectivity index (χ0) is 18.3. The molecule has 0 aliphatic rings. The lowest BCUT2D eigenvalue weighted by atomic mass is 10.2. The van der Waals surface area contributed by atoms with Crippen molar-refractivity contribution in [2.75, 3.05) is 19.9 Å². The van der Waals surface area contributed by atoms with E-state index < -0.39 is 10.0 Å². The summed E-state index contributed by atoms with van der Waals surface area (Å²) < 4.78 is 35.7. The van der Waals surface area contributed by atoms with Crippen LogP contribution in [0.4, 0.5) is 0 Å². The molecule has 7 nitrogen and oxygen atoms in total. The highest BCUT2D eigenvalue weighted by Gasteiger charge is 2.20. The second-order valence-corrected chi connectivity index (χ2v) is 7.50. The van der Waals surface area contributed by atoms with Gasteiger partial charge in [0.1, 0.15) is 11.5 Å². The van der Waals surface area contributed by atoms with Crippen LogP contribution in [0.5, 0.6) is 5.75 Å². The van der Waals surface area contributed by atoms with Crippen LogP contribution in [-0.4, -0.2) is 38.5 Å². The summed E-state index contributed by atoms with van der Waals surface area (Å²) in [6, 6.07) is 10.7. The number of hydrogen-bond donors (Lipinski definition) is 1. The number of amides is 1. The third-order valence-corrected chi connectivity index (χ3v) is 4.89. The minimum Gasteiger partial charge on any atom is -0.496 e. The van der Waals surface area contributed by atoms with Gasteiger partial charge in [0.25, 0.3) is 0 Å². The molecule has 25 heavy (non-hydrogen) atoms. The summed E-state index contributed by atoms with van der Waals surface area (Å²) in [7, 11) is -1.93. The summed E-state index contributed by atoms with van der Waals surface area (Å²) in [5.41, 5.74) is 0.742. The van der Waals surface area contributed by atoms with E-state index in [9.17, 15) is 13.2 Å². The second-order valence-electron chi connectivity index (χ2n) is 5.51. The molecule has 2 rings (SSSR count). The Morgan fingerprint density at radius 2 is 2.00 bits per heavy atom. The van der Waals surface area contributed by atoms with Gasteiger partial charge in [0.2, 0.25) is 15.9 Å². The lowest BCUT2D eigenvalue weighted by molar-refractivity contribution is -0.121. The molecule has 136 valence electrons. The molecule has 1 N–H and O–H groups in total. The lowest BCUT2D eigenvalue weighted by Crippen LogP contribution is -2.34. The maximum absolute atomic E-state index is 12.0. The van der Waals surface area contributed by atoms with E-state index in [4.69, 9.17) is 9.15 Å². The van der Waals surface area contributed by atoms with Crippen LogP contribution in [0.2, 0.25) is 0 Å². The Balaban J connectivity index is 1.95. The summed E-state index contributed by atoms with van der Waals surface area (Å²) in [4.78, 5) is 11.9. The fourth-order valence-electron chi connectivity index (χ4n) is 2.30. The van der Waals surface area contributed by atoms with Crippen molar-refractivity contribution in [1.82, 2.24) is 9.62 Å². The van der Waals surface area contributed by atoms with Gasteiger partial charge in [-0.25, -0.2) is 8.42 Å². The fourth-order valence-corrected chi connectivity index (χ4v) is 3.10. The van der Waals surface area contributed by atoms with Gasteiger partial charge >= 0.3 is 0 Å². The van der Waals surface area contributed by atoms with Crippen LogP contribution in [0.3, 0.4) is 0 Å². The van der Waals surface area contributed by atoms with Crippen molar-refractivity contribution in [2.45, 2.75) is 19.5 Å². The molecule has 0 bridgehead atoms. The number of para-hydroxylation sites is 1. The van der Waals surface area contributed by atoms with E-state index in [-0.39, 0.29) is 32.0 Å². The van der Waals surface area contributed by atoms with E-state index in [1.54, 1.807) is 24.3 Å². The zero-order valence-electron chi connectivity index (χ0n) is 14.3. The quantitative estimate of drug-likeness (QED) is 0.730. The van der Waals surface area contributed by atoms with E-state index >= 15 is 0 Å². The molecule has 0 fully saturated rings. The molecule has 0 saturated carbocycles. The van der Waals surface area contributed by atoms with Gasteiger partial charge in [0.05, 0.1) is 26.2 Å². The molecular formula is C17H22N2O5S. The van der Waals surface area contributed by atoms with Crippen LogP contribution in [-0.2, 0) is 27.9 Å². The van der Waals surface area contributed by atoms with Crippen molar-refractivity contribution >= 4 is 15.9 Å². The molecule has 8 heteroatoms. The highest BCUT2D eigenvalue weighted by molar-refractivity contribution is 7.88. The van der Waals surface area contributed by atoms with Crippen molar-refractivity contribution in [3.05, 3.63) is 54.0 Å². The van der Waals surface area contributed by atoms with Gasteiger partial charge in [0, 0.05) is 25.1 Å². The number of carbonyl (C=O) groups is 1. The first-order valence-corrected chi connectivity index (χ1v) is 9.61. The Labute approximate surface area is 147 Å². The van der Waals surface area contributed by atoms with Crippen LogP contribution < -0.4 is 10.1 Å². The molecule has 0 aliphatic carbocycles. The van der Waals surface area contributed by atoms with Crippen molar-refractivity contribution in [3.8, 4) is 5.75 Å². The maximum atomic E-state index is 12.0. The Kier molecular flexibility index (Phi) is 6.60. The first-order chi connectivity index (χ1) is 11.9. The summed E-state index contributed by atoms with van der Waals surface area (Å²) in [5, 5.41) is 2.70.